The molecule has 1 amide bonds. The molecule has 8 nitrogen and oxygen atoms in total. The second-order valence-corrected chi connectivity index (χ2v) is 9.74. The zero-order valence-electron chi connectivity index (χ0n) is 16.7. The van der Waals surface area contributed by atoms with Gasteiger partial charge in [0.2, 0.25) is 0 Å². The summed E-state index contributed by atoms with van der Waals surface area (Å²) < 4.78 is 67.8. The molecule has 0 aliphatic heterocycles. The molecule has 0 saturated heterocycles. The SMILES string of the molecule is CCN(C(=O)c1ccc(-c2cc(C(F)(F)F)n(C)n2)s1)S(=O)(=O)c1c(C)nn(C)c1Cl. The summed E-state index contributed by atoms with van der Waals surface area (Å²) >= 11 is 6.91. The van der Waals surface area contributed by atoms with Gasteiger partial charge < -0.3 is 0 Å². The van der Waals surface area contributed by atoms with Crippen LogP contribution in [0.15, 0.2) is 23.1 Å². The Morgan fingerprint density at radius 3 is 2.35 bits per heavy atom. The van der Waals surface area contributed by atoms with Crippen LogP contribution in [0.25, 0.3) is 10.6 Å². The molecule has 0 aromatic carbocycles. The van der Waals surface area contributed by atoms with Crippen molar-refractivity contribution in [2.45, 2.75) is 24.9 Å². The van der Waals surface area contributed by atoms with Crippen LogP contribution in [0.5, 0.6) is 0 Å². The van der Waals surface area contributed by atoms with Crippen LogP contribution in [0.3, 0.4) is 0 Å². The summed E-state index contributed by atoms with van der Waals surface area (Å²) in [6, 6.07) is 3.64. The Hall–Kier alpha value is -2.38. The van der Waals surface area contributed by atoms with Crippen molar-refractivity contribution in [1.82, 2.24) is 23.9 Å². The van der Waals surface area contributed by atoms with Gasteiger partial charge in [0.1, 0.15) is 21.4 Å². The number of amides is 1. The predicted octanol–water partition coefficient (Wildman–Crippen LogP) is 3.71. The number of aryl methyl sites for hydroxylation is 3. The van der Waals surface area contributed by atoms with Gasteiger partial charge in [0.15, 0.2) is 0 Å². The van der Waals surface area contributed by atoms with Crippen molar-refractivity contribution in [3.63, 3.8) is 0 Å². The monoisotopic (exact) mass is 495 g/mol. The van der Waals surface area contributed by atoms with E-state index in [4.69, 9.17) is 11.6 Å². The second-order valence-electron chi connectivity index (χ2n) is 6.50. The highest BCUT2D eigenvalue weighted by Crippen LogP contribution is 2.35. The van der Waals surface area contributed by atoms with Gasteiger partial charge in [-0.05, 0) is 32.0 Å². The summed E-state index contributed by atoms with van der Waals surface area (Å²) in [5.41, 5.74) is -0.780. The third-order valence-electron chi connectivity index (χ3n) is 4.40. The molecule has 0 atom stereocenters. The van der Waals surface area contributed by atoms with E-state index in [1.54, 1.807) is 0 Å². The molecule has 0 fully saturated rings. The maximum atomic E-state index is 13.1. The van der Waals surface area contributed by atoms with E-state index in [9.17, 15) is 26.4 Å². The molecular formula is C17H17ClF3N5O3S2. The second kappa shape index (κ2) is 7.95. The molecule has 3 heterocycles. The van der Waals surface area contributed by atoms with Gasteiger partial charge in [-0.3, -0.25) is 14.2 Å². The zero-order chi connectivity index (χ0) is 23.3. The number of rotatable bonds is 5. The average molecular weight is 496 g/mol. The van der Waals surface area contributed by atoms with E-state index in [-0.39, 0.29) is 32.9 Å². The van der Waals surface area contributed by atoms with Crippen molar-refractivity contribution < 1.29 is 26.4 Å². The molecule has 14 heteroatoms. The molecule has 0 N–H and O–H groups in total. The smallest absolute Gasteiger partial charge is 0.267 e. The van der Waals surface area contributed by atoms with Gasteiger partial charge in [0.25, 0.3) is 15.9 Å². The Morgan fingerprint density at radius 1 is 1.23 bits per heavy atom. The number of carbonyl (C=O) groups is 1. The van der Waals surface area contributed by atoms with Gasteiger partial charge in [-0.2, -0.15) is 23.4 Å². The van der Waals surface area contributed by atoms with E-state index in [0.29, 0.717) is 13.9 Å². The summed E-state index contributed by atoms with van der Waals surface area (Å²) in [5.74, 6) is -0.829. The van der Waals surface area contributed by atoms with Gasteiger partial charge in [-0.15, -0.1) is 11.3 Å². The van der Waals surface area contributed by atoms with Crippen LogP contribution < -0.4 is 0 Å². The summed E-state index contributed by atoms with van der Waals surface area (Å²) in [7, 11) is -1.67. The summed E-state index contributed by atoms with van der Waals surface area (Å²) in [6.45, 7) is 2.76. The molecule has 0 aliphatic carbocycles. The van der Waals surface area contributed by atoms with Gasteiger partial charge in [0.05, 0.1) is 15.4 Å². The Bertz CT molecular complexity index is 1260. The van der Waals surface area contributed by atoms with Gasteiger partial charge in [-0.25, -0.2) is 12.7 Å². The Kier molecular flexibility index (Phi) is 5.97. The first kappa shape index (κ1) is 23.3. The van der Waals surface area contributed by atoms with Crippen LogP contribution in [0.2, 0.25) is 5.15 Å². The molecule has 0 saturated carbocycles. The lowest BCUT2D eigenvalue weighted by Gasteiger charge is -2.20. The number of nitrogens with zero attached hydrogens (tertiary/aromatic N) is 5. The van der Waals surface area contributed by atoms with Crippen LogP contribution >= 0.6 is 22.9 Å². The number of halogens is 4. The van der Waals surface area contributed by atoms with E-state index in [1.807, 2.05) is 0 Å². The van der Waals surface area contributed by atoms with Crippen LogP contribution in [0, 0.1) is 6.92 Å². The van der Waals surface area contributed by atoms with Crippen molar-refractivity contribution in [3.05, 3.63) is 39.6 Å². The predicted molar refractivity (Wildman–Crippen MR) is 108 cm³/mol. The van der Waals surface area contributed by atoms with E-state index >= 15 is 0 Å². The minimum atomic E-state index is -4.58. The van der Waals surface area contributed by atoms with E-state index < -0.39 is 27.8 Å². The maximum Gasteiger partial charge on any atom is 0.433 e. The van der Waals surface area contributed by atoms with Crippen molar-refractivity contribution in [3.8, 4) is 10.6 Å². The molecule has 168 valence electrons. The Balaban J connectivity index is 1.97. The highest BCUT2D eigenvalue weighted by atomic mass is 35.5. The van der Waals surface area contributed by atoms with Crippen molar-refractivity contribution >= 4 is 38.9 Å². The van der Waals surface area contributed by atoms with E-state index in [0.717, 1.165) is 24.5 Å². The number of hydrogen-bond donors (Lipinski definition) is 0. The van der Waals surface area contributed by atoms with Crippen LogP contribution in [0.4, 0.5) is 13.2 Å². The minimum absolute atomic E-state index is 0.0240. The molecule has 31 heavy (non-hydrogen) atoms. The first-order valence-corrected chi connectivity index (χ1v) is 11.4. The van der Waals surface area contributed by atoms with Gasteiger partial charge in [0, 0.05) is 20.6 Å². The fourth-order valence-electron chi connectivity index (χ4n) is 3.00. The summed E-state index contributed by atoms with van der Waals surface area (Å²) in [5, 5.41) is 7.67. The lowest BCUT2D eigenvalue weighted by molar-refractivity contribution is -0.143. The lowest BCUT2D eigenvalue weighted by Crippen LogP contribution is -2.36. The van der Waals surface area contributed by atoms with Crippen LogP contribution in [-0.4, -0.2) is 44.7 Å². The van der Waals surface area contributed by atoms with Crippen molar-refractivity contribution in [2.24, 2.45) is 14.1 Å². The van der Waals surface area contributed by atoms with Crippen molar-refractivity contribution in [2.75, 3.05) is 6.54 Å². The Labute approximate surface area is 184 Å². The van der Waals surface area contributed by atoms with E-state index in [2.05, 4.69) is 10.2 Å². The number of carbonyl (C=O) groups excluding carboxylic acids is 1. The van der Waals surface area contributed by atoms with Crippen molar-refractivity contribution in [1.29, 1.82) is 0 Å². The van der Waals surface area contributed by atoms with Gasteiger partial charge >= 0.3 is 6.18 Å². The third-order valence-corrected chi connectivity index (χ3v) is 8.05. The summed E-state index contributed by atoms with van der Waals surface area (Å²) in [4.78, 5) is 13.0. The number of aromatic nitrogens is 4. The fourth-order valence-corrected chi connectivity index (χ4v) is 6.07. The third kappa shape index (κ3) is 4.08. The molecule has 0 radical (unpaired) electrons. The first-order chi connectivity index (χ1) is 14.3. The number of thiophene rings is 1. The normalized spacial score (nSPS) is 12.4. The number of alkyl halides is 3. The Morgan fingerprint density at radius 2 is 1.87 bits per heavy atom. The lowest BCUT2D eigenvalue weighted by atomic mass is 10.3. The van der Waals surface area contributed by atoms with Gasteiger partial charge in [-0.1, -0.05) is 11.6 Å². The zero-order valence-corrected chi connectivity index (χ0v) is 19.1. The quantitative estimate of drug-likeness (QED) is 0.538. The van der Waals surface area contributed by atoms with Crippen LogP contribution in [0.1, 0.15) is 28.0 Å². The molecule has 0 aliphatic rings. The average Bonchev–Trinajstić information content (AvgIpc) is 3.33. The molecule has 3 rings (SSSR count). The maximum absolute atomic E-state index is 13.1. The first-order valence-electron chi connectivity index (χ1n) is 8.76. The highest BCUT2D eigenvalue weighted by molar-refractivity contribution is 7.89. The van der Waals surface area contributed by atoms with E-state index in [1.165, 1.54) is 37.7 Å². The van der Waals surface area contributed by atoms with Crippen LogP contribution in [-0.2, 0) is 30.3 Å². The molecular weight excluding hydrogens is 479 g/mol. The minimum Gasteiger partial charge on any atom is -0.267 e. The standard InChI is InChI=1S/C17H17ClF3N5O3S2/c1-5-26(31(28,29)14-9(2)22-25(4)15(14)18)16(27)12-7-6-11(30-12)10-8-13(17(19,20)21)24(3)23-10/h6-8H,5H2,1-4H3. The number of sulfonamides is 1. The fraction of sp³-hybridized carbons (Fsp3) is 0.353. The largest absolute Gasteiger partial charge is 0.433 e. The highest BCUT2D eigenvalue weighted by Gasteiger charge is 2.36. The molecule has 0 unspecified atom stereocenters. The molecule has 0 bridgehead atoms. The topological polar surface area (TPSA) is 90.1 Å². The summed E-state index contributed by atoms with van der Waals surface area (Å²) in [6.07, 6.45) is -4.58. The molecule has 3 aromatic rings. The molecule has 3 aromatic heterocycles. The number of hydrogen-bond acceptors (Lipinski definition) is 6. The molecule has 0 spiro atoms.